The van der Waals surface area contributed by atoms with Crippen LogP contribution in [0.2, 0.25) is 0 Å². The van der Waals surface area contributed by atoms with Gasteiger partial charge in [0.1, 0.15) is 12.6 Å². The summed E-state index contributed by atoms with van der Waals surface area (Å²) in [6, 6.07) is 0. The third kappa shape index (κ3) is 2.80. The second kappa shape index (κ2) is 6.59. The van der Waals surface area contributed by atoms with Gasteiger partial charge in [-0.05, 0) is 67.1 Å². The maximum absolute atomic E-state index is 13.4. The molecule has 0 spiro atoms. The minimum absolute atomic E-state index is 0.0104. The van der Waals surface area contributed by atoms with Crippen molar-refractivity contribution in [1.82, 2.24) is 0 Å². The highest BCUT2D eigenvalue weighted by Gasteiger charge is 2.57. The maximum Gasteiger partial charge on any atom is 0.270 e. The lowest BCUT2D eigenvalue weighted by Crippen LogP contribution is -2.50. The summed E-state index contributed by atoms with van der Waals surface area (Å²) in [4.78, 5) is 23.9. The number of carbonyl (C=O) groups excluding carboxylic acids is 2. The van der Waals surface area contributed by atoms with Crippen LogP contribution in [0, 0.1) is 40.4 Å². The molecule has 4 heteroatoms. The van der Waals surface area contributed by atoms with E-state index in [1.54, 1.807) is 0 Å². The molecule has 3 fully saturated rings. The van der Waals surface area contributed by atoms with E-state index in [-0.39, 0.29) is 34.7 Å². The molecule has 140 valence electrons. The van der Waals surface area contributed by atoms with Crippen LogP contribution in [0.15, 0.2) is 11.7 Å². The van der Waals surface area contributed by atoms with Gasteiger partial charge in [-0.3, -0.25) is 0 Å². The summed E-state index contributed by atoms with van der Waals surface area (Å²) in [7, 11) is 0. The van der Waals surface area contributed by atoms with Crippen LogP contribution in [0.5, 0.6) is 0 Å². The van der Waals surface area contributed by atoms with Gasteiger partial charge in [-0.1, -0.05) is 27.2 Å². The summed E-state index contributed by atoms with van der Waals surface area (Å²) in [5.41, 5.74) is -0.449. The summed E-state index contributed by atoms with van der Waals surface area (Å²) in [6.45, 7) is 6.28. The molecule has 3 aliphatic rings. The van der Waals surface area contributed by atoms with Crippen molar-refractivity contribution < 1.29 is 18.4 Å². The largest absolute Gasteiger partial charge is 0.303 e. The Morgan fingerprint density at radius 3 is 2.36 bits per heavy atom. The summed E-state index contributed by atoms with van der Waals surface area (Å²) >= 11 is 0. The van der Waals surface area contributed by atoms with Crippen molar-refractivity contribution in [3.8, 4) is 0 Å². The normalized spacial score (nSPS) is 47.2. The number of carbonyl (C=O) groups is 2. The number of rotatable bonds is 3. The van der Waals surface area contributed by atoms with Gasteiger partial charge in [0.2, 0.25) is 0 Å². The van der Waals surface area contributed by atoms with E-state index in [2.05, 4.69) is 13.8 Å². The van der Waals surface area contributed by atoms with Crippen molar-refractivity contribution in [3.63, 3.8) is 0 Å². The molecule has 2 nitrogen and oxygen atoms in total. The Morgan fingerprint density at radius 1 is 1.04 bits per heavy atom. The van der Waals surface area contributed by atoms with E-state index in [9.17, 15) is 18.4 Å². The van der Waals surface area contributed by atoms with Gasteiger partial charge < -0.3 is 9.59 Å². The molecule has 3 unspecified atom stereocenters. The molecule has 0 aromatic heterocycles. The minimum atomic E-state index is -1.54. The summed E-state index contributed by atoms with van der Waals surface area (Å²) in [6.07, 6.45) is 6.03. The summed E-state index contributed by atoms with van der Waals surface area (Å²) in [5.74, 6) is 0.420. The van der Waals surface area contributed by atoms with Gasteiger partial charge in [-0.15, -0.1) is 0 Å². The van der Waals surface area contributed by atoms with Crippen LogP contribution >= 0.6 is 0 Å². The second-order valence-corrected chi connectivity index (χ2v) is 9.29. The van der Waals surface area contributed by atoms with E-state index in [0.29, 0.717) is 25.2 Å². The molecule has 0 aromatic carbocycles. The number of hydrogen-bond acceptors (Lipinski definition) is 2. The van der Waals surface area contributed by atoms with E-state index in [1.807, 2.05) is 6.92 Å². The molecule has 25 heavy (non-hydrogen) atoms. The Morgan fingerprint density at radius 2 is 1.76 bits per heavy atom. The highest BCUT2D eigenvalue weighted by molar-refractivity contribution is 5.59. The number of aldehydes is 2. The predicted molar refractivity (Wildman–Crippen MR) is 93.0 cm³/mol. The van der Waals surface area contributed by atoms with E-state index >= 15 is 0 Å². The molecular weight excluding hydrogens is 322 g/mol. The SMILES string of the molecule is C[C@H]1CC[C@](C)(C2CC[C@]3(C)C(=C(F)F)CCC3C2C=O)[C@@H](C=O)C1. The Bertz CT molecular complexity index is 582. The first kappa shape index (κ1) is 18.7. The first-order valence-corrected chi connectivity index (χ1v) is 9.73. The third-order valence-electron chi connectivity index (χ3n) is 8.19. The van der Waals surface area contributed by atoms with Crippen molar-refractivity contribution in [2.75, 3.05) is 0 Å². The molecular formula is C21H30F2O2. The zero-order valence-corrected chi connectivity index (χ0v) is 15.6. The Labute approximate surface area is 149 Å². The van der Waals surface area contributed by atoms with E-state index in [1.165, 1.54) is 0 Å². The fourth-order valence-electron chi connectivity index (χ4n) is 6.51. The summed E-state index contributed by atoms with van der Waals surface area (Å²) < 4.78 is 26.8. The molecule has 0 heterocycles. The number of hydrogen-bond donors (Lipinski definition) is 0. The van der Waals surface area contributed by atoms with Crippen molar-refractivity contribution >= 4 is 12.6 Å². The molecule has 0 saturated heterocycles. The maximum atomic E-state index is 13.4. The molecule has 0 aromatic rings. The van der Waals surface area contributed by atoms with E-state index in [0.717, 1.165) is 38.3 Å². The van der Waals surface area contributed by atoms with E-state index < -0.39 is 11.5 Å². The lowest BCUT2D eigenvalue weighted by atomic mass is 9.49. The molecule has 0 radical (unpaired) electrons. The van der Waals surface area contributed by atoms with Gasteiger partial charge in [0.05, 0.1) is 0 Å². The minimum Gasteiger partial charge on any atom is -0.303 e. The molecule has 3 rings (SSSR count). The topological polar surface area (TPSA) is 34.1 Å². The number of halogens is 2. The van der Waals surface area contributed by atoms with Crippen LogP contribution < -0.4 is 0 Å². The van der Waals surface area contributed by atoms with Crippen molar-refractivity contribution in [3.05, 3.63) is 11.7 Å². The fourth-order valence-corrected chi connectivity index (χ4v) is 6.51. The zero-order chi connectivity index (χ0) is 18.4. The van der Waals surface area contributed by atoms with Crippen LogP contribution in [-0.2, 0) is 9.59 Å². The monoisotopic (exact) mass is 352 g/mol. The molecule has 7 atom stereocenters. The lowest BCUT2D eigenvalue weighted by molar-refractivity contribution is -0.133. The Balaban J connectivity index is 1.94. The van der Waals surface area contributed by atoms with Crippen LogP contribution in [0.4, 0.5) is 8.78 Å². The molecule has 3 aliphatic carbocycles. The van der Waals surface area contributed by atoms with Gasteiger partial charge in [0, 0.05) is 17.4 Å². The predicted octanol–water partition coefficient (Wildman–Crippen LogP) is 5.42. The quantitative estimate of drug-likeness (QED) is 0.636. The van der Waals surface area contributed by atoms with Gasteiger partial charge in [0.25, 0.3) is 6.08 Å². The van der Waals surface area contributed by atoms with Gasteiger partial charge >= 0.3 is 0 Å². The first-order chi connectivity index (χ1) is 11.8. The summed E-state index contributed by atoms with van der Waals surface area (Å²) in [5, 5.41) is 0. The Kier molecular flexibility index (Phi) is 4.93. The molecule has 0 amide bonds. The zero-order valence-electron chi connectivity index (χ0n) is 15.6. The van der Waals surface area contributed by atoms with E-state index in [4.69, 9.17) is 0 Å². The molecule has 0 aliphatic heterocycles. The third-order valence-corrected chi connectivity index (χ3v) is 8.19. The van der Waals surface area contributed by atoms with Crippen molar-refractivity contribution in [2.45, 2.75) is 65.7 Å². The Hall–Kier alpha value is -1.06. The van der Waals surface area contributed by atoms with Gasteiger partial charge in [-0.2, -0.15) is 8.78 Å². The molecule has 0 bridgehead atoms. The highest BCUT2D eigenvalue weighted by Crippen LogP contribution is 2.63. The average Bonchev–Trinajstić information content (AvgIpc) is 2.93. The molecule has 0 N–H and O–H groups in total. The van der Waals surface area contributed by atoms with Gasteiger partial charge in [-0.25, -0.2) is 0 Å². The fraction of sp³-hybridized carbons (Fsp3) is 0.810. The van der Waals surface area contributed by atoms with Crippen molar-refractivity contribution in [2.24, 2.45) is 40.4 Å². The lowest BCUT2D eigenvalue weighted by Gasteiger charge is -2.54. The van der Waals surface area contributed by atoms with Crippen LogP contribution in [-0.4, -0.2) is 12.6 Å². The average molecular weight is 352 g/mol. The first-order valence-electron chi connectivity index (χ1n) is 9.73. The second-order valence-electron chi connectivity index (χ2n) is 9.29. The van der Waals surface area contributed by atoms with Gasteiger partial charge in [0.15, 0.2) is 0 Å². The highest BCUT2D eigenvalue weighted by atomic mass is 19.3. The standard InChI is InChI=1S/C21H30F2O2/c1-13-6-8-20(2,14(10-13)11-24)17-7-9-21(3)16(15(17)12-25)4-5-18(21)19(22)23/h11-17H,4-10H2,1-3H3/t13-,14+,15?,16?,17?,20-,21-/m0/s1. The smallest absolute Gasteiger partial charge is 0.270 e. The van der Waals surface area contributed by atoms with Crippen LogP contribution in [0.3, 0.4) is 0 Å². The number of fused-ring (bicyclic) bond motifs is 1. The van der Waals surface area contributed by atoms with Crippen LogP contribution in [0.1, 0.15) is 65.7 Å². The molecule has 3 saturated carbocycles. The van der Waals surface area contributed by atoms with Crippen molar-refractivity contribution in [1.29, 1.82) is 0 Å². The number of allylic oxidation sites excluding steroid dienone is 1. The van der Waals surface area contributed by atoms with Crippen LogP contribution in [0.25, 0.3) is 0 Å².